The van der Waals surface area contributed by atoms with Gasteiger partial charge in [-0.2, -0.15) is 24.0 Å². The summed E-state index contributed by atoms with van der Waals surface area (Å²) >= 11 is 0. The molecule has 0 amide bonds. The van der Waals surface area contributed by atoms with E-state index in [2.05, 4.69) is 61.8 Å². The fraction of sp³-hybridized carbons (Fsp3) is 0.318. The number of tetrazole rings is 2. The summed E-state index contributed by atoms with van der Waals surface area (Å²) < 4.78 is 55.3. The Morgan fingerprint density at radius 2 is 1.14 bits per heavy atom. The molecule has 8 heterocycles. The summed E-state index contributed by atoms with van der Waals surface area (Å²) in [6.45, 7) is 7.55. The second kappa shape index (κ2) is 18.9. The molecule has 2 fully saturated rings. The predicted molar refractivity (Wildman–Crippen MR) is 239 cm³/mol. The lowest BCUT2D eigenvalue weighted by molar-refractivity contribution is 0.343. The van der Waals surface area contributed by atoms with Crippen molar-refractivity contribution in [2.75, 3.05) is 44.8 Å². The number of nitrogen functional groups attached to an aromatic ring is 2. The van der Waals surface area contributed by atoms with E-state index in [1.807, 2.05) is 47.0 Å². The van der Waals surface area contributed by atoms with E-state index in [1.165, 1.54) is 23.9 Å². The van der Waals surface area contributed by atoms with Crippen molar-refractivity contribution in [1.82, 2.24) is 80.6 Å². The van der Waals surface area contributed by atoms with Gasteiger partial charge in [-0.05, 0) is 134 Å². The highest BCUT2D eigenvalue weighted by Gasteiger charge is 2.24. The highest BCUT2D eigenvalue weighted by atomic mass is 19.2. The van der Waals surface area contributed by atoms with Gasteiger partial charge in [-0.1, -0.05) is 6.07 Å². The number of halogens is 3. The van der Waals surface area contributed by atoms with Gasteiger partial charge in [0.2, 0.25) is 5.82 Å². The summed E-state index contributed by atoms with van der Waals surface area (Å²) in [6, 6.07) is 10.5. The fourth-order valence-corrected chi connectivity index (χ4v) is 8.14. The number of nitrogens with one attached hydrogen (secondary N) is 2. The summed E-state index contributed by atoms with van der Waals surface area (Å²) in [6.07, 6.45) is 16.2. The Morgan fingerprint density at radius 3 is 1.70 bits per heavy atom. The third kappa shape index (κ3) is 8.66. The van der Waals surface area contributed by atoms with Crippen molar-refractivity contribution >= 4 is 11.6 Å². The maximum Gasteiger partial charge on any atom is 0.202 e. The number of nitrogens with two attached hydrogens (primary N) is 2. The maximum absolute atomic E-state index is 15.0. The number of hydrogen-bond donors (Lipinski definition) is 4. The molecule has 6 N–H and O–H groups in total. The number of benzene rings is 2. The Kier molecular flexibility index (Phi) is 12.5. The average Bonchev–Trinajstić information content (AvgIpc) is 4.18. The van der Waals surface area contributed by atoms with Crippen LogP contribution in [0.2, 0.25) is 0 Å². The molecule has 8 aromatic rings. The van der Waals surface area contributed by atoms with Gasteiger partial charge in [-0.25, -0.2) is 18.7 Å². The molecule has 2 aromatic carbocycles. The Hall–Kier alpha value is -7.59. The van der Waals surface area contributed by atoms with Crippen molar-refractivity contribution in [3.8, 4) is 62.2 Å². The van der Waals surface area contributed by atoms with Crippen LogP contribution in [0.4, 0.5) is 24.8 Å². The molecule has 0 radical (unpaired) electrons. The first-order valence-corrected chi connectivity index (χ1v) is 21.5. The first-order chi connectivity index (χ1) is 32.1. The van der Waals surface area contributed by atoms with Gasteiger partial charge < -0.3 is 26.8 Å². The van der Waals surface area contributed by atoms with E-state index in [-0.39, 0.29) is 40.4 Å². The largest absolute Gasteiger partial charge is 0.494 e. The summed E-state index contributed by atoms with van der Waals surface area (Å²) in [4.78, 5) is 8.63. The number of nitrogens with zero attached hydrogens (tertiary/aromatic N) is 14. The van der Waals surface area contributed by atoms with E-state index < -0.39 is 11.6 Å². The molecular formula is C44H47F3N18O. The number of ether oxygens (including phenoxy) is 1. The van der Waals surface area contributed by atoms with Gasteiger partial charge in [0, 0.05) is 47.0 Å². The summed E-state index contributed by atoms with van der Waals surface area (Å²) in [5, 5.41) is 39.3. The van der Waals surface area contributed by atoms with Crippen LogP contribution in [0, 0.1) is 31.3 Å². The van der Waals surface area contributed by atoms with Crippen LogP contribution in [0.25, 0.3) is 56.4 Å². The number of pyridine rings is 2. The topological polar surface area (TPSA) is 234 Å². The number of rotatable bonds is 9. The fourth-order valence-electron chi connectivity index (χ4n) is 8.14. The number of hydrogen-bond acceptors (Lipinski definition) is 15. The van der Waals surface area contributed by atoms with Crippen molar-refractivity contribution in [3.63, 3.8) is 0 Å². The molecule has 0 bridgehead atoms. The average molecular weight is 901 g/mol. The molecule has 10 rings (SSSR count). The van der Waals surface area contributed by atoms with E-state index in [9.17, 15) is 13.2 Å². The molecular weight excluding hydrogens is 854 g/mol. The Morgan fingerprint density at radius 1 is 0.621 bits per heavy atom. The molecule has 1 atom stereocenters. The molecule has 2 aliphatic heterocycles. The lowest BCUT2D eigenvalue weighted by Crippen LogP contribution is -2.29. The Labute approximate surface area is 376 Å². The summed E-state index contributed by atoms with van der Waals surface area (Å²) in [5.74, 6) is -2.01. The smallest absolute Gasteiger partial charge is 0.202 e. The van der Waals surface area contributed by atoms with Gasteiger partial charge in [0.05, 0.1) is 42.7 Å². The van der Waals surface area contributed by atoms with E-state index in [1.54, 1.807) is 37.6 Å². The molecule has 0 spiro atoms. The minimum absolute atomic E-state index is 0.123. The second-order valence-electron chi connectivity index (χ2n) is 16.1. The minimum Gasteiger partial charge on any atom is -0.494 e. The standard InChI is InChI=1S/C22H23F2N9O.C22H24FN9/c1-34-18-5-4-17(19(23)20(18)24)33-22(29-30-31-33)16-9-13(10-27-21(16)25)14-11-28-32(12-14)15-3-2-7-26-8-6-15;1-13-3-4-19(20(23)14(13)2)32-22(28-29-30-32)18-9-15(10-26-21(18)24)16-11-27-31(12-16)17-5-7-25-8-6-17/h4-5,9-12,15,26H,2-3,6-8H2,1H3,(H2,25,27);3-4,9-12,17,25H,5-8H2,1-2H3,(H2,24,26). The molecule has 1 unspecified atom stereocenters. The van der Waals surface area contributed by atoms with Crippen molar-refractivity contribution in [2.24, 2.45) is 0 Å². The van der Waals surface area contributed by atoms with Crippen LogP contribution in [0.5, 0.6) is 5.75 Å². The van der Waals surface area contributed by atoms with Crippen molar-refractivity contribution in [3.05, 3.63) is 102 Å². The van der Waals surface area contributed by atoms with Crippen LogP contribution >= 0.6 is 0 Å². The minimum atomic E-state index is -1.14. The van der Waals surface area contributed by atoms with Gasteiger partial charge in [-0.3, -0.25) is 9.36 Å². The molecule has 22 heteroatoms. The number of piperidine rings is 1. The zero-order chi connectivity index (χ0) is 45.9. The van der Waals surface area contributed by atoms with Crippen LogP contribution in [-0.2, 0) is 0 Å². The normalized spacial score (nSPS) is 15.6. The Balaban J connectivity index is 0.000000166. The first-order valence-electron chi connectivity index (χ1n) is 21.5. The zero-order valence-electron chi connectivity index (χ0n) is 36.4. The van der Waals surface area contributed by atoms with Crippen molar-refractivity contribution in [1.29, 1.82) is 0 Å². The molecule has 6 aromatic heterocycles. The SMILES string of the molecule is COc1ccc(-n2nnnc2-c2cc(-c3cnn(C4CCCNCC4)c3)cnc2N)c(F)c1F.Cc1ccc(-n2nnnc2-c2cc(-c3cnn(C4CCNCC4)c3)cnc2N)c(F)c1C. The monoisotopic (exact) mass is 900 g/mol. The number of methoxy groups -OCH3 is 1. The lowest BCUT2D eigenvalue weighted by Gasteiger charge is -2.22. The number of aromatic nitrogens is 14. The molecule has 340 valence electrons. The zero-order valence-corrected chi connectivity index (χ0v) is 36.4. The lowest BCUT2D eigenvalue weighted by atomic mass is 10.1. The molecule has 2 aliphatic rings. The van der Waals surface area contributed by atoms with Crippen molar-refractivity contribution in [2.45, 2.75) is 58.0 Å². The van der Waals surface area contributed by atoms with Crippen LogP contribution in [0.3, 0.4) is 0 Å². The highest BCUT2D eigenvalue weighted by Crippen LogP contribution is 2.34. The van der Waals surface area contributed by atoms with Crippen LogP contribution in [0.15, 0.2) is 73.6 Å². The molecule has 19 nitrogen and oxygen atoms in total. The van der Waals surface area contributed by atoms with Gasteiger partial charge in [0.15, 0.2) is 29.0 Å². The van der Waals surface area contributed by atoms with Crippen LogP contribution in [-0.4, -0.2) is 103 Å². The molecule has 2 saturated heterocycles. The van der Waals surface area contributed by atoms with Gasteiger partial charge >= 0.3 is 0 Å². The molecule has 0 aliphatic carbocycles. The third-order valence-electron chi connectivity index (χ3n) is 12.1. The highest BCUT2D eigenvalue weighted by molar-refractivity contribution is 5.77. The number of anilines is 2. The quantitative estimate of drug-likeness (QED) is 0.138. The van der Waals surface area contributed by atoms with Crippen LogP contribution < -0.4 is 26.8 Å². The maximum atomic E-state index is 15.0. The van der Waals surface area contributed by atoms with Gasteiger partial charge in [-0.15, -0.1) is 10.2 Å². The summed E-state index contributed by atoms with van der Waals surface area (Å²) in [7, 11) is 1.26. The second-order valence-corrected chi connectivity index (χ2v) is 16.1. The van der Waals surface area contributed by atoms with Gasteiger partial charge in [0.25, 0.3) is 0 Å². The van der Waals surface area contributed by atoms with E-state index in [0.29, 0.717) is 34.6 Å². The van der Waals surface area contributed by atoms with E-state index >= 15 is 0 Å². The van der Waals surface area contributed by atoms with E-state index in [0.717, 1.165) is 90.8 Å². The Bertz CT molecular complexity index is 2980. The first kappa shape index (κ1) is 43.7. The van der Waals surface area contributed by atoms with Crippen LogP contribution in [0.1, 0.15) is 55.3 Å². The molecule has 0 saturated carbocycles. The molecule has 66 heavy (non-hydrogen) atoms. The van der Waals surface area contributed by atoms with E-state index in [4.69, 9.17) is 16.2 Å². The predicted octanol–water partition coefficient (Wildman–Crippen LogP) is 5.62. The van der Waals surface area contributed by atoms with Gasteiger partial charge in [0.1, 0.15) is 23.0 Å². The third-order valence-corrected chi connectivity index (χ3v) is 12.1. The summed E-state index contributed by atoms with van der Waals surface area (Å²) in [5.41, 5.74) is 18.1. The van der Waals surface area contributed by atoms with Crippen molar-refractivity contribution < 1.29 is 17.9 Å². The number of aryl methyl sites for hydroxylation is 1.